The topological polar surface area (TPSA) is 130 Å². The third kappa shape index (κ3) is 6.03. The summed E-state index contributed by atoms with van der Waals surface area (Å²) in [4.78, 5) is 23.7. The maximum Gasteiger partial charge on any atom is 0.264 e. The monoisotopic (exact) mass is 440 g/mol. The molecule has 1 aromatic carbocycles. The van der Waals surface area contributed by atoms with Crippen LogP contribution in [0.4, 0.5) is 11.8 Å². The third-order valence-corrected chi connectivity index (χ3v) is 5.28. The summed E-state index contributed by atoms with van der Waals surface area (Å²) in [5.41, 5.74) is 8.25. The first-order chi connectivity index (χ1) is 15.5. The number of nitrogens with two attached hydrogens (primary N) is 1. The number of aliphatic hydroxyl groups excluding tert-OH is 2. The predicted octanol–water partition coefficient (Wildman–Crippen LogP) is 1.42. The van der Waals surface area contributed by atoms with Crippen molar-refractivity contribution in [3.05, 3.63) is 58.0 Å². The molecular formula is C23H32N6O3. The van der Waals surface area contributed by atoms with Crippen LogP contribution >= 0.6 is 0 Å². The molecule has 0 aliphatic heterocycles. The molecule has 3 rings (SSSR count). The van der Waals surface area contributed by atoms with E-state index in [1.165, 1.54) is 0 Å². The fourth-order valence-electron chi connectivity index (χ4n) is 3.59. The zero-order valence-electron chi connectivity index (χ0n) is 18.5. The SMILES string of the molecule is CCCCNc1nc(N)nc2ccn(Cc3ccc(CN(CCO)CCO)cc3)c(=O)c12. The summed E-state index contributed by atoms with van der Waals surface area (Å²) in [6.07, 6.45) is 3.72. The second kappa shape index (κ2) is 11.6. The number of hydrogen-bond donors (Lipinski definition) is 4. The second-order valence-corrected chi connectivity index (χ2v) is 7.76. The van der Waals surface area contributed by atoms with E-state index >= 15 is 0 Å². The molecule has 0 saturated heterocycles. The lowest BCUT2D eigenvalue weighted by atomic mass is 10.1. The van der Waals surface area contributed by atoms with Gasteiger partial charge in [0.2, 0.25) is 5.95 Å². The molecular weight excluding hydrogens is 408 g/mol. The Morgan fingerprint density at radius 3 is 2.41 bits per heavy atom. The Hall–Kier alpha value is -3.01. The van der Waals surface area contributed by atoms with Gasteiger partial charge in [0.05, 0.1) is 25.3 Å². The molecule has 5 N–H and O–H groups in total. The molecule has 9 nitrogen and oxygen atoms in total. The molecule has 0 bridgehead atoms. The predicted molar refractivity (Wildman–Crippen MR) is 127 cm³/mol. The van der Waals surface area contributed by atoms with E-state index in [1.54, 1.807) is 16.8 Å². The van der Waals surface area contributed by atoms with Gasteiger partial charge in [0.1, 0.15) is 11.2 Å². The van der Waals surface area contributed by atoms with Crippen LogP contribution in [-0.4, -0.2) is 62.5 Å². The number of nitrogen functional groups attached to an aromatic ring is 1. The highest BCUT2D eigenvalue weighted by Gasteiger charge is 2.12. The fraction of sp³-hybridized carbons (Fsp3) is 0.435. The van der Waals surface area contributed by atoms with Crippen LogP contribution in [0.25, 0.3) is 10.9 Å². The number of pyridine rings is 1. The summed E-state index contributed by atoms with van der Waals surface area (Å²) in [5.74, 6) is 0.615. The molecule has 2 aromatic heterocycles. The zero-order chi connectivity index (χ0) is 22.9. The van der Waals surface area contributed by atoms with E-state index in [0.717, 1.165) is 24.0 Å². The van der Waals surface area contributed by atoms with E-state index in [9.17, 15) is 4.79 Å². The van der Waals surface area contributed by atoms with Gasteiger partial charge in [-0.3, -0.25) is 9.69 Å². The van der Waals surface area contributed by atoms with Crippen molar-refractivity contribution in [2.24, 2.45) is 0 Å². The molecule has 3 aromatic rings. The highest BCUT2D eigenvalue weighted by atomic mass is 16.3. The van der Waals surface area contributed by atoms with Crippen LogP contribution in [0.3, 0.4) is 0 Å². The maximum absolute atomic E-state index is 13.2. The van der Waals surface area contributed by atoms with Gasteiger partial charge in [-0.15, -0.1) is 0 Å². The molecule has 32 heavy (non-hydrogen) atoms. The van der Waals surface area contributed by atoms with E-state index in [1.807, 2.05) is 29.2 Å². The van der Waals surface area contributed by atoms with Gasteiger partial charge in [0.15, 0.2) is 0 Å². The number of nitrogens with zero attached hydrogens (tertiary/aromatic N) is 4. The van der Waals surface area contributed by atoms with Crippen molar-refractivity contribution in [2.45, 2.75) is 32.9 Å². The fourth-order valence-corrected chi connectivity index (χ4v) is 3.59. The van der Waals surface area contributed by atoms with Gasteiger partial charge in [-0.1, -0.05) is 37.6 Å². The number of aromatic nitrogens is 3. The summed E-state index contributed by atoms with van der Waals surface area (Å²) in [5, 5.41) is 22.0. The van der Waals surface area contributed by atoms with Gasteiger partial charge < -0.3 is 25.8 Å². The number of nitrogens with one attached hydrogen (secondary N) is 1. The van der Waals surface area contributed by atoms with Gasteiger partial charge >= 0.3 is 0 Å². The van der Waals surface area contributed by atoms with Crippen molar-refractivity contribution in [3.8, 4) is 0 Å². The minimum Gasteiger partial charge on any atom is -0.395 e. The van der Waals surface area contributed by atoms with Gasteiger partial charge in [-0.2, -0.15) is 4.98 Å². The lowest BCUT2D eigenvalue weighted by molar-refractivity contribution is 0.156. The Morgan fingerprint density at radius 2 is 1.75 bits per heavy atom. The quantitative estimate of drug-likeness (QED) is 0.311. The molecule has 0 spiro atoms. The Balaban J connectivity index is 1.81. The van der Waals surface area contributed by atoms with E-state index < -0.39 is 0 Å². The van der Waals surface area contributed by atoms with Crippen LogP contribution in [0.1, 0.15) is 30.9 Å². The minimum absolute atomic E-state index is 0.0492. The van der Waals surface area contributed by atoms with Crippen LogP contribution in [0.15, 0.2) is 41.3 Å². The van der Waals surface area contributed by atoms with Crippen LogP contribution in [0.2, 0.25) is 0 Å². The van der Waals surface area contributed by atoms with Gasteiger partial charge in [0, 0.05) is 32.4 Å². The molecule has 0 saturated carbocycles. The third-order valence-electron chi connectivity index (χ3n) is 5.28. The number of hydrogen-bond acceptors (Lipinski definition) is 8. The Morgan fingerprint density at radius 1 is 1.06 bits per heavy atom. The lowest BCUT2D eigenvalue weighted by Crippen LogP contribution is -2.29. The van der Waals surface area contributed by atoms with Crippen LogP contribution in [-0.2, 0) is 13.1 Å². The molecule has 9 heteroatoms. The molecule has 0 aliphatic rings. The highest BCUT2D eigenvalue weighted by Crippen LogP contribution is 2.18. The second-order valence-electron chi connectivity index (χ2n) is 7.76. The molecule has 0 atom stereocenters. The van der Waals surface area contributed by atoms with Crippen LogP contribution in [0, 0.1) is 0 Å². The smallest absolute Gasteiger partial charge is 0.264 e. The number of unbranched alkanes of at least 4 members (excludes halogenated alkanes) is 1. The standard InChI is InChI=1S/C23H32N6O3/c1-2-3-9-25-21-20-19(26-23(24)27-21)8-10-29(22(20)32)16-18-6-4-17(5-7-18)15-28(11-13-30)12-14-31/h4-8,10,30-31H,2-3,9,11-16H2,1H3,(H3,24,25,26,27). The van der Waals surface area contributed by atoms with Crippen molar-refractivity contribution in [2.75, 3.05) is 43.9 Å². The first kappa shape index (κ1) is 23.6. The Kier molecular flexibility index (Phi) is 8.55. The number of anilines is 2. The summed E-state index contributed by atoms with van der Waals surface area (Å²) in [6, 6.07) is 9.77. The summed E-state index contributed by atoms with van der Waals surface area (Å²) < 4.78 is 1.64. The van der Waals surface area contributed by atoms with E-state index in [2.05, 4.69) is 22.2 Å². The summed E-state index contributed by atoms with van der Waals surface area (Å²) in [6.45, 7) is 4.99. The van der Waals surface area contributed by atoms with Crippen molar-refractivity contribution in [1.29, 1.82) is 0 Å². The first-order valence-corrected chi connectivity index (χ1v) is 11.0. The number of rotatable bonds is 12. The molecule has 172 valence electrons. The molecule has 2 heterocycles. The normalized spacial score (nSPS) is 11.4. The van der Waals surface area contributed by atoms with E-state index in [-0.39, 0.29) is 24.7 Å². The maximum atomic E-state index is 13.2. The first-order valence-electron chi connectivity index (χ1n) is 11.0. The van der Waals surface area contributed by atoms with Crippen molar-refractivity contribution < 1.29 is 10.2 Å². The Labute approximate surface area is 187 Å². The van der Waals surface area contributed by atoms with E-state index in [0.29, 0.717) is 49.4 Å². The van der Waals surface area contributed by atoms with Crippen LogP contribution in [0.5, 0.6) is 0 Å². The van der Waals surface area contributed by atoms with Crippen molar-refractivity contribution >= 4 is 22.7 Å². The number of benzene rings is 1. The molecule has 0 aliphatic carbocycles. The van der Waals surface area contributed by atoms with Gasteiger partial charge in [-0.25, -0.2) is 4.98 Å². The average Bonchev–Trinajstić information content (AvgIpc) is 2.77. The molecule has 0 unspecified atom stereocenters. The summed E-state index contributed by atoms with van der Waals surface area (Å²) >= 11 is 0. The van der Waals surface area contributed by atoms with Crippen molar-refractivity contribution in [3.63, 3.8) is 0 Å². The molecule has 0 fully saturated rings. The average molecular weight is 441 g/mol. The summed E-state index contributed by atoms with van der Waals surface area (Å²) in [7, 11) is 0. The molecule has 0 radical (unpaired) electrons. The Bertz CT molecular complexity index is 1060. The largest absolute Gasteiger partial charge is 0.395 e. The lowest BCUT2D eigenvalue weighted by Gasteiger charge is -2.20. The minimum atomic E-state index is -0.164. The highest BCUT2D eigenvalue weighted by molar-refractivity contribution is 5.89. The van der Waals surface area contributed by atoms with E-state index in [4.69, 9.17) is 15.9 Å². The number of fused-ring (bicyclic) bond motifs is 1. The van der Waals surface area contributed by atoms with Gasteiger partial charge in [-0.05, 0) is 23.6 Å². The number of aliphatic hydroxyl groups is 2. The van der Waals surface area contributed by atoms with Crippen LogP contribution < -0.4 is 16.6 Å². The zero-order valence-corrected chi connectivity index (χ0v) is 18.5. The van der Waals surface area contributed by atoms with Crippen molar-refractivity contribution in [1.82, 2.24) is 19.4 Å². The molecule has 0 amide bonds. The van der Waals surface area contributed by atoms with Gasteiger partial charge in [0.25, 0.3) is 5.56 Å².